The molecule has 0 fully saturated rings. The molecule has 0 amide bonds. The number of hydrogen-bond acceptors (Lipinski definition) is 6. The average Bonchev–Trinajstić information content (AvgIpc) is 2.71. The monoisotopic (exact) mass is 447 g/mol. The van der Waals surface area contributed by atoms with E-state index in [1.165, 1.54) is 0 Å². The van der Waals surface area contributed by atoms with Crippen LogP contribution in [0.4, 0.5) is 0 Å². The van der Waals surface area contributed by atoms with Gasteiger partial charge < -0.3 is 19.7 Å². The van der Waals surface area contributed by atoms with Crippen LogP contribution >= 0.6 is 15.9 Å². The largest absolute Gasteiger partial charge is 0.490 e. The van der Waals surface area contributed by atoms with E-state index in [1.54, 1.807) is 36.4 Å². The van der Waals surface area contributed by atoms with Crippen molar-refractivity contribution in [1.29, 1.82) is 5.26 Å². The minimum absolute atomic E-state index is 0.0225. The first-order valence-corrected chi connectivity index (χ1v) is 9.68. The second kappa shape index (κ2) is 10.8. The van der Waals surface area contributed by atoms with E-state index in [0.717, 1.165) is 12.0 Å². The van der Waals surface area contributed by atoms with E-state index < -0.39 is 12.7 Å². The normalized spacial score (nSPS) is 11.5. The minimum Gasteiger partial charge on any atom is -0.490 e. The van der Waals surface area contributed by atoms with Crippen LogP contribution in [0.2, 0.25) is 0 Å². The molecule has 0 radical (unpaired) electrons. The molecule has 2 rings (SSSR count). The molecule has 28 heavy (non-hydrogen) atoms. The van der Waals surface area contributed by atoms with Gasteiger partial charge in [0.05, 0.1) is 16.1 Å². The molecular formula is C21H22BrNO5. The third kappa shape index (κ3) is 6.06. The summed E-state index contributed by atoms with van der Waals surface area (Å²) in [6, 6.07) is 12.0. The Hall–Kier alpha value is -2.40. The summed E-state index contributed by atoms with van der Waals surface area (Å²) in [5.41, 5.74) is 1.80. The molecule has 1 atom stereocenters. The zero-order chi connectivity index (χ0) is 20.5. The van der Waals surface area contributed by atoms with E-state index in [0.29, 0.717) is 33.5 Å². The number of carbonyl (C=O) groups excluding carboxylic acids is 1. The lowest BCUT2D eigenvalue weighted by Gasteiger charge is -2.16. The van der Waals surface area contributed by atoms with Crippen molar-refractivity contribution in [1.82, 2.24) is 0 Å². The molecule has 0 aliphatic rings. The Balaban J connectivity index is 1.95. The highest BCUT2D eigenvalue weighted by Crippen LogP contribution is 2.26. The molecule has 2 aromatic rings. The number of aryl methyl sites for hydroxylation is 1. The number of aliphatic hydroxyl groups excluding tert-OH is 2. The fraction of sp³-hybridized carbons (Fsp3) is 0.333. The molecule has 6 nitrogen and oxygen atoms in total. The van der Waals surface area contributed by atoms with Crippen molar-refractivity contribution < 1.29 is 24.5 Å². The highest BCUT2D eigenvalue weighted by atomic mass is 79.9. The Morgan fingerprint density at radius 3 is 2.46 bits per heavy atom. The SMILES string of the molecule is CCCc1cc(C(=O)CO)ccc1OCC(O)COc1ccc(C#N)cc1Br. The van der Waals surface area contributed by atoms with Crippen LogP contribution in [0.15, 0.2) is 40.9 Å². The fourth-order valence-corrected chi connectivity index (χ4v) is 3.05. The number of nitrogens with zero attached hydrogens (tertiary/aromatic N) is 1. The molecule has 2 N–H and O–H groups in total. The van der Waals surface area contributed by atoms with Crippen LogP contribution in [0, 0.1) is 11.3 Å². The third-order valence-electron chi connectivity index (χ3n) is 3.97. The van der Waals surface area contributed by atoms with Gasteiger partial charge in [-0.1, -0.05) is 13.3 Å². The number of nitriles is 1. The molecule has 0 heterocycles. The minimum atomic E-state index is -0.865. The fourth-order valence-electron chi connectivity index (χ4n) is 2.56. The van der Waals surface area contributed by atoms with E-state index in [1.807, 2.05) is 13.0 Å². The van der Waals surface area contributed by atoms with Gasteiger partial charge in [-0.3, -0.25) is 4.79 Å². The number of Topliss-reactive ketones (excluding diaryl/α,β-unsaturated/α-hetero) is 1. The summed E-state index contributed by atoms with van der Waals surface area (Å²) in [6.07, 6.45) is 0.716. The maximum Gasteiger partial charge on any atom is 0.188 e. The number of hydrogen-bond donors (Lipinski definition) is 2. The van der Waals surface area contributed by atoms with Crippen molar-refractivity contribution in [3.05, 3.63) is 57.6 Å². The lowest BCUT2D eigenvalue weighted by molar-refractivity contribution is 0.0620. The number of carbonyl (C=O) groups is 1. The number of benzene rings is 2. The van der Waals surface area contributed by atoms with Crippen LogP contribution in [-0.2, 0) is 6.42 Å². The predicted molar refractivity (Wildman–Crippen MR) is 108 cm³/mol. The van der Waals surface area contributed by atoms with Gasteiger partial charge in [0.2, 0.25) is 0 Å². The first-order valence-electron chi connectivity index (χ1n) is 8.88. The lowest BCUT2D eigenvalue weighted by Crippen LogP contribution is -2.25. The summed E-state index contributed by atoms with van der Waals surface area (Å²) in [5.74, 6) is 0.775. The first-order chi connectivity index (χ1) is 13.5. The predicted octanol–water partition coefficient (Wildman–Crippen LogP) is 3.27. The van der Waals surface area contributed by atoms with Crippen molar-refractivity contribution in [3.8, 4) is 17.6 Å². The van der Waals surface area contributed by atoms with Crippen molar-refractivity contribution in [3.63, 3.8) is 0 Å². The number of aliphatic hydroxyl groups is 2. The summed E-state index contributed by atoms with van der Waals surface area (Å²) in [5, 5.41) is 28.0. The van der Waals surface area contributed by atoms with Gasteiger partial charge in [0, 0.05) is 5.56 Å². The highest BCUT2D eigenvalue weighted by molar-refractivity contribution is 9.10. The number of rotatable bonds is 10. The van der Waals surface area contributed by atoms with Gasteiger partial charge in [0.25, 0.3) is 0 Å². The molecule has 148 valence electrons. The second-order valence-electron chi connectivity index (χ2n) is 6.19. The summed E-state index contributed by atoms with van der Waals surface area (Å²) < 4.78 is 11.9. The van der Waals surface area contributed by atoms with Crippen molar-refractivity contribution in [2.75, 3.05) is 19.8 Å². The zero-order valence-corrected chi connectivity index (χ0v) is 17.1. The smallest absolute Gasteiger partial charge is 0.188 e. The van der Waals surface area contributed by atoms with Crippen LogP contribution in [0.25, 0.3) is 0 Å². The Labute approximate surface area is 172 Å². The van der Waals surface area contributed by atoms with E-state index in [4.69, 9.17) is 19.8 Å². The van der Waals surface area contributed by atoms with Gasteiger partial charge >= 0.3 is 0 Å². The Morgan fingerprint density at radius 1 is 1.18 bits per heavy atom. The molecule has 7 heteroatoms. The average molecular weight is 448 g/mol. The Kier molecular flexibility index (Phi) is 8.45. The summed E-state index contributed by atoms with van der Waals surface area (Å²) in [7, 11) is 0. The topological polar surface area (TPSA) is 99.8 Å². The lowest BCUT2D eigenvalue weighted by atomic mass is 10.0. The molecule has 0 bridgehead atoms. The zero-order valence-electron chi connectivity index (χ0n) is 15.5. The van der Waals surface area contributed by atoms with Crippen molar-refractivity contribution in [2.45, 2.75) is 25.9 Å². The third-order valence-corrected chi connectivity index (χ3v) is 4.59. The number of ether oxygens (including phenoxy) is 2. The molecule has 0 saturated carbocycles. The molecule has 0 spiro atoms. The summed E-state index contributed by atoms with van der Waals surface area (Å²) in [6.45, 7) is 1.53. The summed E-state index contributed by atoms with van der Waals surface area (Å²) >= 11 is 3.33. The molecule has 1 unspecified atom stereocenters. The molecule has 0 aliphatic heterocycles. The van der Waals surface area contributed by atoms with Gasteiger partial charge in [0.15, 0.2) is 5.78 Å². The standard InChI is InChI=1S/C21H22BrNO5/c1-2-3-16-9-15(19(26)11-24)5-7-20(16)27-12-17(25)13-28-21-6-4-14(10-23)8-18(21)22/h4-9,17,24-25H,2-3,11-13H2,1H3. The van der Waals surface area contributed by atoms with Crippen LogP contribution < -0.4 is 9.47 Å². The van der Waals surface area contributed by atoms with Crippen LogP contribution in [0.5, 0.6) is 11.5 Å². The Morgan fingerprint density at radius 2 is 1.86 bits per heavy atom. The molecule has 0 saturated heterocycles. The highest BCUT2D eigenvalue weighted by Gasteiger charge is 2.13. The van der Waals surface area contributed by atoms with E-state index >= 15 is 0 Å². The van der Waals surface area contributed by atoms with Gasteiger partial charge in [-0.15, -0.1) is 0 Å². The maximum absolute atomic E-state index is 11.7. The molecule has 2 aromatic carbocycles. The van der Waals surface area contributed by atoms with Crippen molar-refractivity contribution >= 4 is 21.7 Å². The first kappa shape index (κ1) is 21.9. The Bertz CT molecular complexity index is 862. The summed E-state index contributed by atoms with van der Waals surface area (Å²) in [4.78, 5) is 11.7. The molecule has 0 aliphatic carbocycles. The van der Waals surface area contributed by atoms with Crippen LogP contribution in [0.3, 0.4) is 0 Å². The maximum atomic E-state index is 11.7. The van der Waals surface area contributed by atoms with E-state index in [9.17, 15) is 9.90 Å². The molecular weight excluding hydrogens is 426 g/mol. The van der Waals surface area contributed by atoms with Gasteiger partial charge in [0.1, 0.15) is 37.4 Å². The van der Waals surface area contributed by atoms with E-state index in [2.05, 4.69) is 15.9 Å². The van der Waals surface area contributed by atoms with E-state index in [-0.39, 0.29) is 19.0 Å². The van der Waals surface area contributed by atoms with Crippen LogP contribution in [-0.4, -0.2) is 41.9 Å². The second-order valence-corrected chi connectivity index (χ2v) is 7.04. The molecule has 0 aromatic heterocycles. The number of ketones is 1. The van der Waals surface area contributed by atoms with Gasteiger partial charge in [-0.05, 0) is 64.3 Å². The van der Waals surface area contributed by atoms with Gasteiger partial charge in [-0.2, -0.15) is 5.26 Å². The van der Waals surface area contributed by atoms with Crippen molar-refractivity contribution in [2.24, 2.45) is 0 Å². The quantitative estimate of drug-likeness (QED) is 0.542. The van der Waals surface area contributed by atoms with Crippen LogP contribution in [0.1, 0.15) is 34.8 Å². The van der Waals surface area contributed by atoms with Gasteiger partial charge in [-0.25, -0.2) is 0 Å². The number of halogens is 1.